The molecule has 0 spiro atoms. The summed E-state index contributed by atoms with van der Waals surface area (Å²) in [6.07, 6.45) is 3.85. The number of esters is 1. The molecule has 4 rings (SSSR count). The van der Waals surface area contributed by atoms with Crippen molar-refractivity contribution in [2.45, 2.75) is 96.2 Å². The van der Waals surface area contributed by atoms with Gasteiger partial charge in [-0.2, -0.15) is 0 Å². The van der Waals surface area contributed by atoms with Crippen LogP contribution >= 0.6 is 0 Å². The number of hydrogen-bond acceptors (Lipinski definition) is 5. The predicted octanol–water partition coefficient (Wildman–Crippen LogP) is 3.59. The van der Waals surface area contributed by atoms with Crippen LogP contribution in [-0.2, 0) is 23.8 Å². The highest BCUT2D eigenvalue weighted by Crippen LogP contribution is 2.57. The Bertz CT molecular complexity index is 697. The van der Waals surface area contributed by atoms with Crippen molar-refractivity contribution in [3.8, 4) is 0 Å². The molecular weight excluding hydrogens is 344 g/mol. The Labute approximate surface area is 161 Å². The molecule has 0 aromatic heterocycles. The maximum Gasteiger partial charge on any atom is 0.302 e. The van der Waals surface area contributed by atoms with Crippen LogP contribution in [0.3, 0.4) is 0 Å². The minimum absolute atomic E-state index is 0.0928. The molecule has 0 aromatic carbocycles. The second kappa shape index (κ2) is 5.90. The SMILES string of the molecule is C=C1C(=O)C[C@H]2C[C@H]3O[C@]3(C)CC[C@H]3O[C@@]3(C)C[C@@H](OC(C)=O)[C@H]1C2(C)C. The number of ketones is 1. The molecule has 2 aliphatic heterocycles. The van der Waals surface area contributed by atoms with E-state index in [0.29, 0.717) is 18.4 Å². The second-order valence-electron chi connectivity index (χ2n) is 10.1. The lowest BCUT2D eigenvalue weighted by Gasteiger charge is -2.48. The standard InChI is InChI=1S/C22H32O5/c1-12-15(24)9-14-10-18-21(5,27-18)8-7-17-22(6,26-17)11-16(25-13(2)23)19(12)20(14,3)4/h14,16-19H,1,7-11H2,2-6H3/t14-,16+,17+,18+,19-,21+,22-/m0/s1. The summed E-state index contributed by atoms with van der Waals surface area (Å²) in [6.45, 7) is 14.2. The quantitative estimate of drug-likeness (QED) is 0.397. The van der Waals surface area contributed by atoms with E-state index in [1.54, 1.807) is 0 Å². The first-order valence-electron chi connectivity index (χ1n) is 10.2. The van der Waals surface area contributed by atoms with Crippen LogP contribution < -0.4 is 0 Å². The van der Waals surface area contributed by atoms with Gasteiger partial charge in [-0.1, -0.05) is 20.4 Å². The molecule has 5 nitrogen and oxygen atoms in total. The van der Waals surface area contributed by atoms with E-state index in [0.717, 1.165) is 19.3 Å². The van der Waals surface area contributed by atoms with Crippen molar-refractivity contribution in [1.29, 1.82) is 0 Å². The first-order chi connectivity index (χ1) is 12.5. The van der Waals surface area contributed by atoms with Gasteiger partial charge in [-0.25, -0.2) is 0 Å². The van der Waals surface area contributed by atoms with Crippen molar-refractivity contribution < 1.29 is 23.8 Å². The minimum Gasteiger partial charge on any atom is -0.462 e. The van der Waals surface area contributed by atoms with E-state index in [2.05, 4.69) is 34.3 Å². The maximum absolute atomic E-state index is 12.8. The number of fused-ring (bicyclic) bond motifs is 4. The van der Waals surface area contributed by atoms with Gasteiger partial charge in [0.15, 0.2) is 5.78 Å². The fraction of sp³-hybridized carbons (Fsp3) is 0.818. The number of ether oxygens (including phenoxy) is 3. The monoisotopic (exact) mass is 376 g/mol. The van der Waals surface area contributed by atoms with Gasteiger partial charge in [0, 0.05) is 25.7 Å². The summed E-state index contributed by atoms with van der Waals surface area (Å²) in [4.78, 5) is 24.7. The van der Waals surface area contributed by atoms with Gasteiger partial charge in [-0.15, -0.1) is 0 Å². The number of rotatable bonds is 1. The van der Waals surface area contributed by atoms with Gasteiger partial charge in [-0.05, 0) is 50.0 Å². The molecule has 0 unspecified atom stereocenters. The van der Waals surface area contributed by atoms with Gasteiger partial charge in [0.2, 0.25) is 0 Å². The van der Waals surface area contributed by atoms with Crippen molar-refractivity contribution >= 4 is 11.8 Å². The Morgan fingerprint density at radius 3 is 2.48 bits per heavy atom. The van der Waals surface area contributed by atoms with E-state index in [-0.39, 0.29) is 52.4 Å². The van der Waals surface area contributed by atoms with Gasteiger partial charge in [0.05, 0.1) is 23.4 Å². The van der Waals surface area contributed by atoms with Gasteiger partial charge < -0.3 is 14.2 Å². The van der Waals surface area contributed by atoms with Crippen molar-refractivity contribution in [3.63, 3.8) is 0 Å². The molecule has 0 radical (unpaired) electrons. The maximum atomic E-state index is 12.8. The first-order valence-corrected chi connectivity index (χ1v) is 10.2. The van der Waals surface area contributed by atoms with Crippen molar-refractivity contribution in [2.24, 2.45) is 17.3 Å². The van der Waals surface area contributed by atoms with Crippen LogP contribution in [0.4, 0.5) is 0 Å². The van der Waals surface area contributed by atoms with Crippen LogP contribution in [0.5, 0.6) is 0 Å². The molecule has 2 bridgehead atoms. The Morgan fingerprint density at radius 1 is 1.15 bits per heavy atom. The summed E-state index contributed by atoms with van der Waals surface area (Å²) in [7, 11) is 0. The Morgan fingerprint density at radius 2 is 1.81 bits per heavy atom. The summed E-state index contributed by atoms with van der Waals surface area (Å²) in [5.74, 6) is -0.226. The Balaban J connectivity index is 1.72. The molecule has 2 aliphatic carbocycles. The Kier molecular flexibility index (Phi) is 4.18. The molecule has 4 aliphatic rings. The highest BCUT2D eigenvalue weighted by molar-refractivity contribution is 5.96. The molecule has 2 saturated heterocycles. The lowest BCUT2D eigenvalue weighted by Crippen LogP contribution is -2.49. The second-order valence-corrected chi connectivity index (χ2v) is 10.1. The highest BCUT2D eigenvalue weighted by Gasteiger charge is 2.62. The normalized spacial score (nSPS) is 48.4. The minimum atomic E-state index is -0.391. The third-order valence-electron chi connectivity index (χ3n) is 7.79. The topological polar surface area (TPSA) is 68.4 Å². The lowest BCUT2D eigenvalue weighted by molar-refractivity contribution is -0.155. The number of hydrogen-bond donors (Lipinski definition) is 0. The summed E-state index contributed by atoms with van der Waals surface area (Å²) in [6, 6.07) is 0. The number of carbonyl (C=O) groups is 2. The number of epoxide rings is 2. The molecule has 4 fully saturated rings. The van der Waals surface area contributed by atoms with E-state index in [9.17, 15) is 9.59 Å². The van der Waals surface area contributed by atoms with E-state index < -0.39 is 6.10 Å². The predicted molar refractivity (Wildman–Crippen MR) is 100 cm³/mol. The average molecular weight is 376 g/mol. The van der Waals surface area contributed by atoms with E-state index in [4.69, 9.17) is 14.2 Å². The lowest BCUT2D eigenvalue weighted by atomic mass is 9.56. The van der Waals surface area contributed by atoms with Crippen LogP contribution in [0.25, 0.3) is 0 Å². The third-order valence-corrected chi connectivity index (χ3v) is 7.79. The molecule has 7 atom stereocenters. The molecule has 150 valence electrons. The molecular formula is C22H32O5. The molecule has 0 N–H and O–H groups in total. The molecule has 5 heteroatoms. The summed E-state index contributed by atoms with van der Waals surface area (Å²) < 4.78 is 17.9. The zero-order valence-corrected chi connectivity index (χ0v) is 17.2. The smallest absolute Gasteiger partial charge is 0.302 e. The number of carbonyl (C=O) groups excluding carboxylic acids is 2. The molecule has 2 heterocycles. The highest BCUT2D eigenvalue weighted by atomic mass is 16.6. The van der Waals surface area contributed by atoms with Gasteiger partial charge in [0.25, 0.3) is 0 Å². The van der Waals surface area contributed by atoms with E-state index in [1.165, 1.54) is 6.92 Å². The largest absolute Gasteiger partial charge is 0.462 e. The molecule has 27 heavy (non-hydrogen) atoms. The van der Waals surface area contributed by atoms with Gasteiger partial charge in [-0.3, -0.25) is 9.59 Å². The molecule has 2 saturated carbocycles. The van der Waals surface area contributed by atoms with Crippen molar-refractivity contribution in [2.75, 3.05) is 0 Å². The number of Topliss-reactive ketones (excluding diaryl/α,β-unsaturated/α-hetero) is 1. The van der Waals surface area contributed by atoms with Crippen molar-refractivity contribution in [3.05, 3.63) is 12.2 Å². The van der Waals surface area contributed by atoms with Crippen LogP contribution in [0, 0.1) is 17.3 Å². The van der Waals surface area contributed by atoms with Gasteiger partial charge >= 0.3 is 5.97 Å². The van der Waals surface area contributed by atoms with Crippen molar-refractivity contribution in [1.82, 2.24) is 0 Å². The van der Waals surface area contributed by atoms with Crippen LogP contribution in [0.1, 0.15) is 66.7 Å². The fourth-order valence-electron chi connectivity index (χ4n) is 5.74. The molecule has 0 aromatic rings. The average Bonchev–Trinajstić information content (AvgIpc) is 3.38. The summed E-state index contributed by atoms with van der Waals surface area (Å²) in [5, 5.41) is 0. The van der Waals surface area contributed by atoms with Crippen LogP contribution in [0.15, 0.2) is 12.2 Å². The zero-order valence-electron chi connectivity index (χ0n) is 17.2. The van der Waals surface area contributed by atoms with E-state index in [1.807, 2.05) is 0 Å². The van der Waals surface area contributed by atoms with Gasteiger partial charge in [0.1, 0.15) is 6.10 Å². The zero-order chi connectivity index (χ0) is 19.8. The molecule has 0 amide bonds. The van der Waals surface area contributed by atoms with Crippen LogP contribution in [-0.4, -0.2) is 41.3 Å². The summed E-state index contributed by atoms with van der Waals surface area (Å²) in [5.41, 5.74) is -0.0192. The first kappa shape index (κ1) is 19.1. The van der Waals surface area contributed by atoms with Crippen LogP contribution in [0.2, 0.25) is 0 Å². The third kappa shape index (κ3) is 3.17. The fourth-order valence-corrected chi connectivity index (χ4v) is 5.74. The Hall–Kier alpha value is -1.20. The summed E-state index contributed by atoms with van der Waals surface area (Å²) >= 11 is 0. The van der Waals surface area contributed by atoms with E-state index >= 15 is 0 Å².